The first kappa shape index (κ1) is 8.79. The van der Waals surface area contributed by atoms with Gasteiger partial charge in [0.15, 0.2) is 0 Å². The average Bonchev–Trinajstić information content (AvgIpc) is 1.80. The Kier molecular flexibility index (Phi) is 5.78. The van der Waals surface area contributed by atoms with Crippen LogP contribution in [0.15, 0.2) is 0 Å². The van der Waals surface area contributed by atoms with E-state index < -0.39 is 6.03 Å². The van der Waals surface area contributed by atoms with E-state index in [0.717, 1.165) is 5.32 Å². The molecule has 9 heavy (non-hydrogen) atoms. The molecule has 0 radical (unpaired) electrons. The van der Waals surface area contributed by atoms with Gasteiger partial charge in [0.05, 0.1) is 0 Å². The molecule has 0 unspecified atom stereocenters. The summed E-state index contributed by atoms with van der Waals surface area (Å²) in [6.07, 6.45) is 2.36. The molecule has 0 saturated carbocycles. The maximum absolute atomic E-state index is 10.1. The molecular formula is C5H12N2OSe. The molecule has 0 bridgehead atoms. The molecule has 54 valence electrons. The number of nitrogens with two attached hydrogens (primary N) is 1. The summed E-state index contributed by atoms with van der Waals surface area (Å²) in [5.74, 6) is 0. The summed E-state index contributed by atoms with van der Waals surface area (Å²) >= 11 is 0.224. The van der Waals surface area contributed by atoms with Crippen molar-refractivity contribution in [3.05, 3.63) is 0 Å². The van der Waals surface area contributed by atoms with Crippen molar-refractivity contribution >= 4 is 21.2 Å². The van der Waals surface area contributed by atoms with Crippen LogP contribution in [0.3, 0.4) is 0 Å². The second-order valence-corrected chi connectivity index (χ2v) is 3.56. The number of amides is 2. The molecule has 4 heteroatoms. The number of unbranched alkanes of at least 4 members (excludes halogenated alkanes) is 1. The number of carbonyl (C=O) groups is 1. The first-order valence-electron chi connectivity index (χ1n) is 2.94. The van der Waals surface area contributed by atoms with E-state index in [2.05, 4.69) is 11.3 Å². The summed E-state index contributed by atoms with van der Waals surface area (Å²) in [4.78, 5) is 10.1. The Balaban J connectivity index is 2.83. The van der Waals surface area contributed by atoms with Crippen molar-refractivity contribution in [2.24, 2.45) is 5.73 Å². The van der Waals surface area contributed by atoms with Gasteiger partial charge < -0.3 is 0 Å². The summed E-state index contributed by atoms with van der Waals surface area (Å²) in [6, 6.07) is -0.397. The molecule has 0 aromatic heterocycles. The van der Waals surface area contributed by atoms with Crippen LogP contribution in [0.25, 0.3) is 0 Å². The Labute approximate surface area is 61.7 Å². The van der Waals surface area contributed by atoms with E-state index in [9.17, 15) is 4.79 Å². The van der Waals surface area contributed by atoms with Crippen molar-refractivity contribution in [3.63, 3.8) is 0 Å². The van der Waals surface area contributed by atoms with E-state index in [4.69, 9.17) is 5.73 Å². The summed E-state index contributed by atoms with van der Waals surface area (Å²) in [7, 11) is 0. The van der Waals surface area contributed by atoms with E-state index in [0.29, 0.717) is 0 Å². The summed E-state index contributed by atoms with van der Waals surface area (Å²) < 4.78 is 2.58. The van der Waals surface area contributed by atoms with Gasteiger partial charge in [0.2, 0.25) is 0 Å². The Morgan fingerprint density at radius 2 is 2.44 bits per heavy atom. The first-order valence-corrected chi connectivity index (χ1v) is 5.01. The fraction of sp³-hybridized carbons (Fsp3) is 0.800. The standard InChI is InChI=1S/C5H12N2OSe/c1-2-3-4-9-7-5(6)8/h2-4H2,1H3,(H3,6,7,8). The zero-order chi connectivity index (χ0) is 7.11. The second-order valence-electron chi connectivity index (χ2n) is 1.67. The summed E-state index contributed by atoms with van der Waals surface area (Å²) in [5, 5.41) is 1.09. The quantitative estimate of drug-likeness (QED) is 0.497. The van der Waals surface area contributed by atoms with Crippen LogP contribution in [0.2, 0.25) is 5.32 Å². The van der Waals surface area contributed by atoms with Crippen molar-refractivity contribution in [3.8, 4) is 0 Å². The van der Waals surface area contributed by atoms with Gasteiger partial charge in [-0.2, -0.15) is 0 Å². The van der Waals surface area contributed by atoms with Crippen LogP contribution in [-0.2, 0) is 0 Å². The van der Waals surface area contributed by atoms with Gasteiger partial charge in [-0.3, -0.25) is 0 Å². The fourth-order valence-corrected chi connectivity index (χ4v) is 1.76. The molecule has 0 rings (SSSR count). The predicted octanol–water partition coefficient (Wildman–Crippen LogP) is 0.492. The van der Waals surface area contributed by atoms with Crippen molar-refractivity contribution in [1.82, 2.24) is 4.33 Å². The van der Waals surface area contributed by atoms with Crippen molar-refractivity contribution in [2.75, 3.05) is 0 Å². The molecule has 0 aliphatic heterocycles. The van der Waals surface area contributed by atoms with Crippen LogP contribution in [-0.4, -0.2) is 21.2 Å². The number of carbonyl (C=O) groups excluding carboxylic acids is 1. The Morgan fingerprint density at radius 3 is 2.89 bits per heavy atom. The molecule has 0 aliphatic carbocycles. The molecule has 3 nitrogen and oxygen atoms in total. The number of nitrogens with one attached hydrogen (secondary N) is 1. The molecule has 0 aromatic carbocycles. The van der Waals surface area contributed by atoms with Gasteiger partial charge in [-0.1, -0.05) is 0 Å². The molecule has 3 N–H and O–H groups in total. The Bertz CT molecular complexity index is 87.0. The SMILES string of the molecule is CCCC[Se]NC(N)=O. The topological polar surface area (TPSA) is 55.1 Å². The zero-order valence-electron chi connectivity index (χ0n) is 5.52. The molecule has 0 aliphatic rings. The van der Waals surface area contributed by atoms with Gasteiger partial charge in [0, 0.05) is 0 Å². The Morgan fingerprint density at radius 1 is 1.78 bits per heavy atom. The predicted molar refractivity (Wildman–Crippen MR) is 38.2 cm³/mol. The Hall–Kier alpha value is -0.211. The van der Waals surface area contributed by atoms with E-state index >= 15 is 0 Å². The van der Waals surface area contributed by atoms with E-state index in [1.165, 1.54) is 12.8 Å². The van der Waals surface area contributed by atoms with Gasteiger partial charge in [-0.25, -0.2) is 0 Å². The number of rotatable bonds is 4. The summed E-state index contributed by atoms with van der Waals surface area (Å²) in [5.41, 5.74) is 4.84. The third kappa shape index (κ3) is 7.79. The maximum atomic E-state index is 10.1. The van der Waals surface area contributed by atoms with E-state index in [1.807, 2.05) is 0 Å². The van der Waals surface area contributed by atoms with Crippen molar-refractivity contribution < 1.29 is 4.79 Å². The average molecular weight is 195 g/mol. The molecule has 2 amide bonds. The minimum atomic E-state index is -0.397. The van der Waals surface area contributed by atoms with Gasteiger partial charge in [0.25, 0.3) is 0 Å². The van der Waals surface area contributed by atoms with Gasteiger partial charge >= 0.3 is 61.2 Å². The molecule has 0 atom stereocenters. The van der Waals surface area contributed by atoms with Crippen LogP contribution in [0.4, 0.5) is 4.79 Å². The van der Waals surface area contributed by atoms with Crippen LogP contribution >= 0.6 is 0 Å². The number of urea groups is 1. The third-order valence-corrected chi connectivity index (χ3v) is 2.53. The fourth-order valence-electron chi connectivity index (χ4n) is 0.339. The number of hydrogen-bond donors (Lipinski definition) is 2. The van der Waals surface area contributed by atoms with E-state index in [-0.39, 0.29) is 15.2 Å². The molecule has 0 aromatic rings. The normalized spacial score (nSPS) is 9.00. The first-order chi connectivity index (χ1) is 4.27. The molecule has 0 saturated heterocycles. The monoisotopic (exact) mass is 196 g/mol. The van der Waals surface area contributed by atoms with Crippen LogP contribution < -0.4 is 10.1 Å². The molecule has 0 spiro atoms. The van der Waals surface area contributed by atoms with E-state index in [1.54, 1.807) is 0 Å². The molecule has 0 fully saturated rings. The third-order valence-electron chi connectivity index (χ3n) is 0.773. The zero-order valence-corrected chi connectivity index (χ0v) is 7.23. The number of primary amides is 1. The minimum absolute atomic E-state index is 0.224. The second kappa shape index (κ2) is 5.92. The molecule has 0 heterocycles. The summed E-state index contributed by atoms with van der Waals surface area (Å²) in [6.45, 7) is 2.13. The van der Waals surface area contributed by atoms with Gasteiger partial charge in [-0.15, -0.1) is 0 Å². The van der Waals surface area contributed by atoms with Crippen LogP contribution in [0, 0.1) is 0 Å². The van der Waals surface area contributed by atoms with Gasteiger partial charge in [0.1, 0.15) is 0 Å². The van der Waals surface area contributed by atoms with Crippen LogP contribution in [0.5, 0.6) is 0 Å². The van der Waals surface area contributed by atoms with Crippen LogP contribution in [0.1, 0.15) is 19.8 Å². The molecular weight excluding hydrogens is 183 g/mol. The number of hydrogen-bond acceptors (Lipinski definition) is 1. The van der Waals surface area contributed by atoms with Crippen molar-refractivity contribution in [1.29, 1.82) is 0 Å². The van der Waals surface area contributed by atoms with Crippen molar-refractivity contribution in [2.45, 2.75) is 25.1 Å². The van der Waals surface area contributed by atoms with Gasteiger partial charge in [-0.05, 0) is 0 Å².